The fraction of sp³-hybridized carbons (Fsp3) is 0.250. The highest BCUT2D eigenvalue weighted by molar-refractivity contribution is 7.92. The van der Waals surface area contributed by atoms with Gasteiger partial charge in [-0.15, -0.1) is 0 Å². The van der Waals surface area contributed by atoms with Crippen molar-refractivity contribution < 1.29 is 12.8 Å². The van der Waals surface area contributed by atoms with Crippen molar-refractivity contribution in [1.82, 2.24) is 15.5 Å². The SMILES string of the molecule is CNCc1cn[nH]c1S(=O)(=O)N(C)c1cccc(F)c1. The summed E-state index contributed by atoms with van der Waals surface area (Å²) in [5, 5.41) is 9.10. The zero-order valence-electron chi connectivity index (χ0n) is 11.1. The van der Waals surface area contributed by atoms with Crippen molar-refractivity contribution in [2.24, 2.45) is 0 Å². The number of anilines is 1. The number of rotatable bonds is 5. The molecule has 0 spiro atoms. The molecule has 6 nitrogen and oxygen atoms in total. The molecule has 1 aromatic carbocycles. The van der Waals surface area contributed by atoms with Gasteiger partial charge in [-0.1, -0.05) is 6.07 Å². The summed E-state index contributed by atoms with van der Waals surface area (Å²) < 4.78 is 39.2. The fourth-order valence-corrected chi connectivity index (χ4v) is 3.08. The van der Waals surface area contributed by atoms with E-state index in [0.717, 1.165) is 10.4 Å². The topological polar surface area (TPSA) is 78.1 Å². The summed E-state index contributed by atoms with van der Waals surface area (Å²) in [5.41, 5.74) is 0.769. The van der Waals surface area contributed by atoms with Crippen LogP contribution in [0.1, 0.15) is 5.56 Å². The molecule has 0 aliphatic heterocycles. The van der Waals surface area contributed by atoms with Crippen LogP contribution in [0, 0.1) is 5.82 Å². The van der Waals surface area contributed by atoms with Gasteiger partial charge in [0.2, 0.25) is 0 Å². The highest BCUT2D eigenvalue weighted by atomic mass is 32.2. The summed E-state index contributed by atoms with van der Waals surface area (Å²) in [6.07, 6.45) is 1.45. The van der Waals surface area contributed by atoms with Crippen LogP contribution in [0.15, 0.2) is 35.5 Å². The maximum absolute atomic E-state index is 13.2. The van der Waals surface area contributed by atoms with Gasteiger partial charge in [0.25, 0.3) is 10.0 Å². The zero-order chi connectivity index (χ0) is 14.8. The lowest BCUT2D eigenvalue weighted by atomic mass is 10.3. The summed E-state index contributed by atoms with van der Waals surface area (Å²) in [7, 11) is -0.733. The average Bonchev–Trinajstić information content (AvgIpc) is 2.87. The van der Waals surface area contributed by atoms with Gasteiger partial charge in [-0.05, 0) is 25.2 Å². The normalized spacial score (nSPS) is 11.6. The molecule has 0 saturated carbocycles. The molecule has 20 heavy (non-hydrogen) atoms. The summed E-state index contributed by atoms with van der Waals surface area (Å²) >= 11 is 0. The summed E-state index contributed by atoms with van der Waals surface area (Å²) in [5.74, 6) is -0.496. The Bertz CT molecular complexity index is 699. The van der Waals surface area contributed by atoms with Crippen molar-refractivity contribution in [1.29, 1.82) is 0 Å². The van der Waals surface area contributed by atoms with E-state index in [2.05, 4.69) is 15.5 Å². The molecule has 0 amide bonds. The minimum absolute atomic E-state index is 0.00129. The predicted molar refractivity (Wildman–Crippen MR) is 73.3 cm³/mol. The molecule has 0 unspecified atom stereocenters. The summed E-state index contributed by atoms with van der Waals surface area (Å²) in [6, 6.07) is 5.39. The van der Waals surface area contributed by atoms with Crippen molar-refractivity contribution in [3.05, 3.63) is 41.8 Å². The zero-order valence-corrected chi connectivity index (χ0v) is 11.9. The maximum Gasteiger partial charge on any atom is 0.281 e. The Kier molecular flexibility index (Phi) is 4.05. The van der Waals surface area contributed by atoms with E-state index < -0.39 is 15.8 Å². The largest absolute Gasteiger partial charge is 0.316 e. The van der Waals surface area contributed by atoms with Crippen LogP contribution in [0.25, 0.3) is 0 Å². The van der Waals surface area contributed by atoms with Gasteiger partial charge in [-0.25, -0.2) is 4.39 Å². The van der Waals surface area contributed by atoms with E-state index in [9.17, 15) is 12.8 Å². The fourth-order valence-electron chi connectivity index (χ4n) is 1.79. The molecule has 0 saturated heterocycles. The van der Waals surface area contributed by atoms with Crippen LogP contribution < -0.4 is 9.62 Å². The Morgan fingerprint density at radius 2 is 2.20 bits per heavy atom. The molecule has 0 bridgehead atoms. The molecule has 8 heteroatoms. The molecule has 1 heterocycles. The molecule has 1 aromatic heterocycles. The van der Waals surface area contributed by atoms with Gasteiger partial charge in [0.15, 0.2) is 5.03 Å². The van der Waals surface area contributed by atoms with Crippen molar-refractivity contribution in [2.75, 3.05) is 18.4 Å². The number of nitrogens with zero attached hydrogens (tertiary/aromatic N) is 2. The van der Waals surface area contributed by atoms with Gasteiger partial charge in [0.1, 0.15) is 5.82 Å². The van der Waals surface area contributed by atoms with Crippen molar-refractivity contribution in [2.45, 2.75) is 11.6 Å². The van der Waals surface area contributed by atoms with E-state index in [1.54, 1.807) is 7.05 Å². The minimum atomic E-state index is -3.81. The second-order valence-corrected chi connectivity index (χ2v) is 6.11. The van der Waals surface area contributed by atoms with Crippen LogP contribution in [-0.2, 0) is 16.6 Å². The molecule has 0 fully saturated rings. The molecular weight excluding hydrogens is 283 g/mol. The Hall–Kier alpha value is -1.93. The van der Waals surface area contributed by atoms with Crippen LogP contribution in [0.3, 0.4) is 0 Å². The van der Waals surface area contributed by atoms with E-state index in [1.165, 1.54) is 31.4 Å². The molecule has 2 rings (SSSR count). The lowest BCUT2D eigenvalue weighted by Gasteiger charge is -2.19. The van der Waals surface area contributed by atoms with E-state index in [4.69, 9.17) is 0 Å². The van der Waals surface area contributed by atoms with E-state index in [1.807, 2.05) is 0 Å². The lowest BCUT2D eigenvalue weighted by Crippen LogP contribution is -2.28. The second kappa shape index (κ2) is 5.59. The monoisotopic (exact) mass is 298 g/mol. The highest BCUT2D eigenvalue weighted by Crippen LogP contribution is 2.23. The van der Waals surface area contributed by atoms with Gasteiger partial charge in [-0.3, -0.25) is 9.40 Å². The molecule has 2 aromatic rings. The number of aromatic amines is 1. The minimum Gasteiger partial charge on any atom is -0.316 e. The molecule has 0 atom stereocenters. The Morgan fingerprint density at radius 3 is 2.85 bits per heavy atom. The number of nitrogens with one attached hydrogen (secondary N) is 2. The molecule has 108 valence electrons. The van der Waals surface area contributed by atoms with Crippen LogP contribution in [0.4, 0.5) is 10.1 Å². The Balaban J connectivity index is 2.41. The number of aromatic nitrogens is 2. The molecule has 2 N–H and O–H groups in total. The van der Waals surface area contributed by atoms with Crippen molar-refractivity contribution >= 4 is 15.7 Å². The van der Waals surface area contributed by atoms with Gasteiger partial charge in [0.05, 0.1) is 11.9 Å². The number of halogens is 1. The van der Waals surface area contributed by atoms with Crippen LogP contribution in [-0.4, -0.2) is 32.7 Å². The van der Waals surface area contributed by atoms with E-state index in [-0.39, 0.29) is 10.7 Å². The molecule has 0 radical (unpaired) electrons. The predicted octanol–water partition coefficient (Wildman–Crippen LogP) is 1.09. The molecular formula is C12H15FN4O2S. The number of hydrogen-bond donors (Lipinski definition) is 2. The first kappa shape index (κ1) is 14.5. The standard InChI is InChI=1S/C12H15FN4O2S/c1-14-7-9-8-15-16-12(9)20(18,19)17(2)11-5-3-4-10(13)6-11/h3-6,8,14H,7H2,1-2H3,(H,15,16). The third kappa shape index (κ3) is 2.66. The van der Waals surface area contributed by atoms with Crippen LogP contribution in [0.5, 0.6) is 0 Å². The molecule has 0 aliphatic rings. The highest BCUT2D eigenvalue weighted by Gasteiger charge is 2.26. The van der Waals surface area contributed by atoms with E-state index >= 15 is 0 Å². The molecule has 0 aliphatic carbocycles. The van der Waals surface area contributed by atoms with Crippen LogP contribution in [0.2, 0.25) is 0 Å². The first-order valence-electron chi connectivity index (χ1n) is 5.88. The third-order valence-corrected chi connectivity index (χ3v) is 4.64. The number of hydrogen-bond acceptors (Lipinski definition) is 4. The first-order valence-corrected chi connectivity index (χ1v) is 7.32. The quantitative estimate of drug-likeness (QED) is 0.866. The second-order valence-electron chi connectivity index (χ2n) is 4.21. The van der Waals surface area contributed by atoms with Gasteiger partial charge in [0, 0.05) is 19.2 Å². The first-order chi connectivity index (χ1) is 9.46. The average molecular weight is 298 g/mol. The van der Waals surface area contributed by atoms with E-state index in [0.29, 0.717) is 12.1 Å². The van der Waals surface area contributed by atoms with Gasteiger partial charge in [-0.2, -0.15) is 13.5 Å². The third-order valence-electron chi connectivity index (χ3n) is 2.84. The lowest BCUT2D eigenvalue weighted by molar-refractivity contribution is 0.587. The van der Waals surface area contributed by atoms with Gasteiger partial charge < -0.3 is 5.32 Å². The smallest absolute Gasteiger partial charge is 0.281 e. The van der Waals surface area contributed by atoms with Crippen molar-refractivity contribution in [3.63, 3.8) is 0 Å². The van der Waals surface area contributed by atoms with Gasteiger partial charge >= 0.3 is 0 Å². The van der Waals surface area contributed by atoms with Crippen LogP contribution >= 0.6 is 0 Å². The summed E-state index contributed by atoms with van der Waals surface area (Å²) in [6.45, 7) is 0.363. The number of H-pyrrole nitrogens is 1. The Labute approximate surface area is 116 Å². The number of sulfonamides is 1. The van der Waals surface area contributed by atoms with Crippen molar-refractivity contribution in [3.8, 4) is 0 Å². The maximum atomic E-state index is 13.2. The summed E-state index contributed by atoms with van der Waals surface area (Å²) in [4.78, 5) is 0. The Morgan fingerprint density at radius 1 is 1.45 bits per heavy atom. The number of benzene rings is 1.